The zero-order valence-corrected chi connectivity index (χ0v) is 16.7. The average molecular weight is 431 g/mol. The fraction of sp³-hybridized carbons (Fsp3) is 0.176. The average Bonchev–Trinajstić information content (AvgIpc) is 2.58. The molecule has 2 aromatic rings. The van der Waals surface area contributed by atoms with E-state index in [0.717, 1.165) is 12.1 Å². The van der Waals surface area contributed by atoms with Crippen molar-refractivity contribution in [2.45, 2.75) is 11.0 Å². The fourth-order valence-corrected chi connectivity index (χ4v) is 3.59. The van der Waals surface area contributed by atoms with Gasteiger partial charge in [0.25, 0.3) is 5.91 Å². The number of nitrogens with zero attached hydrogens (tertiary/aromatic N) is 1. The number of rotatable bonds is 5. The highest BCUT2D eigenvalue weighted by Crippen LogP contribution is 2.30. The number of likely N-dealkylation sites (N-methyl/N-ethyl adjacent to an activating group) is 1. The summed E-state index contributed by atoms with van der Waals surface area (Å²) in [6, 6.07) is 10.4. The van der Waals surface area contributed by atoms with E-state index in [1.54, 1.807) is 30.3 Å². The summed E-state index contributed by atoms with van der Waals surface area (Å²) in [4.78, 5) is 25.9. The SMILES string of the molecule is CN(C)C(=O)[C@@H](OC(=O)c1cc(S(N)(=O)=O)c(Cl)cc1Cl)c1ccccc1. The first-order valence-electron chi connectivity index (χ1n) is 7.51. The Balaban J connectivity index is 2.45. The van der Waals surface area contributed by atoms with Crippen LogP contribution in [0.15, 0.2) is 47.4 Å². The number of carbonyl (C=O) groups excluding carboxylic acids is 2. The lowest BCUT2D eigenvalue weighted by Gasteiger charge is -2.21. The standard InChI is InChI=1S/C17H16Cl2N2O5S/c1-21(2)16(22)15(10-6-4-3-5-7-10)26-17(23)11-8-14(27(20,24)25)13(19)9-12(11)18/h3-9,15H,1-2H3,(H2,20,24,25)/t15-/m0/s1. The van der Waals surface area contributed by atoms with Crippen molar-refractivity contribution in [2.24, 2.45) is 5.14 Å². The number of hydrogen-bond donors (Lipinski definition) is 1. The van der Waals surface area contributed by atoms with Crippen LogP contribution in [-0.4, -0.2) is 39.3 Å². The molecule has 0 radical (unpaired) electrons. The Hall–Kier alpha value is -2.13. The van der Waals surface area contributed by atoms with E-state index >= 15 is 0 Å². The highest BCUT2D eigenvalue weighted by molar-refractivity contribution is 7.89. The molecular formula is C17H16Cl2N2O5S. The molecule has 0 aliphatic heterocycles. The van der Waals surface area contributed by atoms with Crippen LogP contribution in [-0.2, 0) is 19.6 Å². The molecule has 0 aromatic heterocycles. The number of halogens is 2. The smallest absolute Gasteiger partial charge is 0.340 e. The Labute approximate surface area is 166 Å². The monoisotopic (exact) mass is 430 g/mol. The molecule has 0 saturated heterocycles. The molecule has 7 nitrogen and oxygen atoms in total. The maximum atomic E-state index is 12.6. The largest absolute Gasteiger partial charge is 0.444 e. The van der Waals surface area contributed by atoms with Gasteiger partial charge in [0.2, 0.25) is 16.1 Å². The number of carbonyl (C=O) groups is 2. The van der Waals surface area contributed by atoms with Crippen molar-refractivity contribution in [1.29, 1.82) is 0 Å². The normalized spacial score (nSPS) is 12.3. The van der Waals surface area contributed by atoms with E-state index in [4.69, 9.17) is 33.1 Å². The molecule has 0 heterocycles. The van der Waals surface area contributed by atoms with Gasteiger partial charge in [-0.3, -0.25) is 4.79 Å². The molecule has 0 spiro atoms. The third-order valence-corrected chi connectivity index (χ3v) is 5.23. The first kappa shape index (κ1) is 21.2. The van der Waals surface area contributed by atoms with Crippen LogP contribution in [0.5, 0.6) is 0 Å². The summed E-state index contributed by atoms with van der Waals surface area (Å²) < 4.78 is 28.6. The maximum Gasteiger partial charge on any atom is 0.340 e. The molecule has 0 saturated carbocycles. The van der Waals surface area contributed by atoms with Gasteiger partial charge in [0.05, 0.1) is 15.6 Å². The Morgan fingerprint density at radius 3 is 2.19 bits per heavy atom. The van der Waals surface area contributed by atoms with Crippen LogP contribution >= 0.6 is 23.2 Å². The Kier molecular flexibility index (Phi) is 6.48. The second kappa shape index (κ2) is 8.26. The summed E-state index contributed by atoms with van der Waals surface area (Å²) in [7, 11) is -1.16. The summed E-state index contributed by atoms with van der Waals surface area (Å²) in [5.41, 5.74) is 0.166. The highest BCUT2D eigenvalue weighted by atomic mass is 35.5. The molecular weight excluding hydrogens is 415 g/mol. The van der Waals surface area contributed by atoms with E-state index in [0.29, 0.717) is 5.56 Å². The molecule has 1 amide bonds. The molecule has 0 aliphatic carbocycles. The van der Waals surface area contributed by atoms with Gasteiger partial charge >= 0.3 is 5.97 Å². The molecule has 2 N–H and O–H groups in total. The maximum absolute atomic E-state index is 12.6. The molecule has 0 aliphatic rings. The van der Waals surface area contributed by atoms with Crippen LogP contribution in [0.3, 0.4) is 0 Å². The Morgan fingerprint density at radius 2 is 1.67 bits per heavy atom. The second-order valence-corrected chi connectivity index (χ2v) is 8.08. The number of benzene rings is 2. The van der Waals surface area contributed by atoms with Crippen molar-refractivity contribution in [1.82, 2.24) is 4.90 Å². The van der Waals surface area contributed by atoms with Crippen LogP contribution < -0.4 is 5.14 Å². The molecule has 2 aromatic carbocycles. The molecule has 1 atom stereocenters. The van der Waals surface area contributed by atoms with E-state index < -0.39 is 32.9 Å². The van der Waals surface area contributed by atoms with E-state index in [-0.39, 0.29) is 15.6 Å². The number of ether oxygens (including phenoxy) is 1. The van der Waals surface area contributed by atoms with Gasteiger partial charge in [-0.1, -0.05) is 53.5 Å². The number of nitrogens with two attached hydrogens (primary N) is 1. The van der Waals surface area contributed by atoms with Crippen LogP contribution in [0, 0.1) is 0 Å². The van der Waals surface area contributed by atoms with Crippen molar-refractivity contribution in [3.63, 3.8) is 0 Å². The fourth-order valence-electron chi connectivity index (χ4n) is 2.20. The number of esters is 1. The Morgan fingerprint density at radius 1 is 1.07 bits per heavy atom. The molecule has 2 rings (SSSR count). The van der Waals surface area contributed by atoms with E-state index in [1.807, 2.05) is 0 Å². The number of amides is 1. The molecule has 0 unspecified atom stereocenters. The number of primary sulfonamides is 1. The molecule has 27 heavy (non-hydrogen) atoms. The quantitative estimate of drug-likeness (QED) is 0.733. The van der Waals surface area contributed by atoms with Crippen LogP contribution in [0.4, 0.5) is 0 Å². The van der Waals surface area contributed by atoms with Crippen LogP contribution in [0.2, 0.25) is 10.0 Å². The highest BCUT2D eigenvalue weighted by Gasteiger charge is 2.29. The van der Waals surface area contributed by atoms with Gasteiger partial charge < -0.3 is 9.64 Å². The molecule has 0 bridgehead atoms. The second-order valence-electron chi connectivity index (χ2n) is 5.74. The van der Waals surface area contributed by atoms with Gasteiger partial charge in [-0.25, -0.2) is 18.4 Å². The van der Waals surface area contributed by atoms with Gasteiger partial charge in [-0.05, 0) is 12.1 Å². The van der Waals surface area contributed by atoms with E-state index in [2.05, 4.69) is 0 Å². The first-order chi connectivity index (χ1) is 12.5. The predicted octanol–water partition coefficient (Wildman–Crippen LogP) is 2.63. The van der Waals surface area contributed by atoms with Crippen molar-refractivity contribution < 1.29 is 22.7 Å². The number of sulfonamides is 1. The van der Waals surface area contributed by atoms with Crippen LogP contribution in [0.1, 0.15) is 22.0 Å². The summed E-state index contributed by atoms with van der Waals surface area (Å²) >= 11 is 11.8. The van der Waals surface area contributed by atoms with E-state index in [9.17, 15) is 18.0 Å². The zero-order valence-electron chi connectivity index (χ0n) is 14.3. The lowest BCUT2D eigenvalue weighted by molar-refractivity contribution is -0.138. The third-order valence-electron chi connectivity index (χ3n) is 3.54. The van der Waals surface area contributed by atoms with E-state index in [1.165, 1.54) is 19.0 Å². The Bertz CT molecular complexity index is 978. The van der Waals surface area contributed by atoms with Gasteiger partial charge in [-0.15, -0.1) is 0 Å². The molecule has 0 fully saturated rings. The molecule has 144 valence electrons. The first-order valence-corrected chi connectivity index (χ1v) is 9.81. The lowest BCUT2D eigenvalue weighted by atomic mass is 10.1. The topological polar surface area (TPSA) is 107 Å². The summed E-state index contributed by atoms with van der Waals surface area (Å²) in [6.07, 6.45) is -1.24. The van der Waals surface area contributed by atoms with Gasteiger partial charge in [-0.2, -0.15) is 0 Å². The van der Waals surface area contributed by atoms with Crippen LogP contribution in [0.25, 0.3) is 0 Å². The predicted molar refractivity (Wildman–Crippen MR) is 101 cm³/mol. The van der Waals surface area contributed by atoms with Gasteiger partial charge in [0.1, 0.15) is 4.90 Å². The van der Waals surface area contributed by atoms with Crippen molar-refractivity contribution in [3.05, 3.63) is 63.6 Å². The van der Waals surface area contributed by atoms with Gasteiger partial charge in [0, 0.05) is 19.7 Å². The minimum atomic E-state index is -4.19. The van der Waals surface area contributed by atoms with Gasteiger partial charge in [0.15, 0.2) is 0 Å². The summed E-state index contributed by atoms with van der Waals surface area (Å²) in [5.74, 6) is -1.48. The lowest BCUT2D eigenvalue weighted by Crippen LogP contribution is -2.31. The minimum absolute atomic E-state index is 0.137. The third kappa shape index (κ3) is 4.98. The molecule has 10 heteroatoms. The van der Waals surface area contributed by atoms with Crippen molar-refractivity contribution >= 4 is 45.1 Å². The zero-order chi connectivity index (χ0) is 20.4. The number of hydrogen-bond acceptors (Lipinski definition) is 5. The van der Waals surface area contributed by atoms with Crippen molar-refractivity contribution in [2.75, 3.05) is 14.1 Å². The summed E-state index contributed by atoms with van der Waals surface area (Å²) in [5, 5.41) is 4.72. The van der Waals surface area contributed by atoms with Crippen molar-refractivity contribution in [3.8, 4) is 0 Å². The minimum Gasteiger partial charge on any atom is -0.444 e. The summed E-state index contributed by atoms with van der Waals surface area (Å²) in [6.45, 7) is 0.